The number of hydrogen-bond donors (Lipinski definition) is 0. The topological polar surface area (TPSA) is 59.2 Å². The van der Waals surface area contributed by atoms with E-state index in [0.29, 0.717) is 17.5 Å². The molecule has 4 heterocycles. The van der Waals surface area contributed by atoms with Crippen LogP contribution in [0, 0.1) is 30.5 Å². The maximum Gasteiger partial charge on any atom is 0.257 e. The minimum absolute atomic E-state index is 0.293. The number of nitrogens with zero attached hydrogens (tertiary/aromatic N) is 6. The molecule has 0 bridgehead atoms. The Balaban J connectivity index is 1.58. The summed E-state index contributed by atoms with van der Waals surface area (Å²) in [6, 6.07) is 6.77. The van der Waals surface area contributed by atoms with Crippen LogP contribution in [0.1, 0.15) is 36.3 Å². The number of anilines is 2. The second-order valence-corrected chi connectivity index (χ2v) is 7.94. The third kappa shape index (κ3) is 2.71. The van der Waals surface area contributed by atoms with Crippen molar-refractivity contribution in [1.29, 1.82) is 0 Å². The fraction of sp³-hybridized carbons (Fsp3) is 0.304. The first-order valence-corrected chi connectivity index (χ1v) is 10.3. The molecule has 30 heavy (non-hydrogen) atoms. The number of rotatable bonds is 1. The maximum absolute atomic E-state index is 14.2. The van der Waals surface area contributed by atoms with Crippen LogP contribution >= 0.6 is 0 Å². The van der Waals surface area contributed by atoms with Crippen LogP contribution < -0.4 is 4.90 Å². The molecule has 148 valence electrons. The van der Waals surface area contributed by atoms with Crippen molar-refractivity contribution in [2.24, 2.45) is 5.92 Å². The molecule has 0 N–H and O–H groups in total. The average Bonchev–Trinajstić information content (AvgIpc) is 3.52. The van der Waals surface area contributed by atoms with Crippen molar-refractivity contribution < 1.29 is 4.39 Å². The molecule has 4 aromatic rings. The van der Waals surface area contributed by atoms with Crippen molar-refractivity contribution in [2.45, 2.75) is 32.6 Å². The molecule has 0 saturated heterocycles. The van der Waals surface area contributed by atoms with E-state index in [1.807, 2.05) is 17.4 Å². The minimum Gasteiger partial charge on any atom is -0.325 e. The first-order chi connectivity index (χ1) is 14.7. The molecule has 7 heteroatoms. The molecule has 0 unspecified atom stereocenters. The Kier molecular flexibility index (Phi) is 3.75. The second kappa shape index (κ2) is 6.49. The molecule has 1 fully saturated rings. The largest absolute Gasteiger partial charge is 0.325 e. The van der Waals surface area contributed by atoms with Gasteiger partial charge in [0.15, 0.2) is 0 Å². The lowest BCUT2D eigenvalue weighted by atomic mass is 9.99. The Morgan fingerprint density at radius 1 is 1.17 bits per heavy atom. The van der Waals surface area contributed by atoms with Gasteiger partial charge in [-0.25, -0.2) is 9.37 Å². The first-order valence-electron chi connectivity index (χ1n) is 10.3. The van der Waals surface area contributed by atoms with Gasteiger partial charge < -0.3 is 4.90 Å². The molecule has 0 amide bonds. The van der Waals surface area contributed by atoms with E-state index in [2.05, 4.69) is 31.9 Å². The van der Waals surface area contributed by atoms with E-state index in [-0.39, 0.29) is 5.82 Å². The highest BCUT2D eigenvalue weighted by molar-refractivity contribution is 5.94. The van der Waals surface area contributed by atoms with Crippen LogP contribution in [-0.4, -0.2) is 31.1 Å². The molecule has 6 rings (SSSR count). The van der Waals surface area contributed by atoms with Crippen LogP contribution in [-0.2, 0) is 6.42 Å². The van der Waals surface area contributed by atoms with Crippen LogP contribution in [0.25, 0.3) is 16.7 Å². The van der Waals surface area contributed by atoms with Gasteiger partial charge in [0.05, 0.1) is 5.52 Å². The van der Waals surface area contributed by atoms with E-state index < -0.39 is 0 Å². The summed E-state index contributed by atoms with van der Waals surface area (Å²) in [5.74, 6) is 8.77. The van der Waals surface area contributed by atoms with Gasteiger partial charge in [-0.1, -0.05) is 5.92 Å². The molecule has 0 spiro atoms. The highest BCUT2D eigenvalue weighted by atomic mass is 19.1. The van der Waals surface area contributed by atoms with Gasteiger partial charge >= 0.3 is 0 Å². The fourth-order valence-corrected chi connectivity index (χ4v) is 4.19. The Morgan fingerprint density at radius 3 is 2.93 bits per heavy atom. The van der Waals surface area contributed by atoms with Crippen molar-refractivity contribution in [3.8, 4) is 11.8 Å². The standard InChI is InChI=1S/C23H19FN6/c1-14-27-28-23-26-22(18-13-16(24)7-9-21(18)30(14)23)29-12-2-3-17-19(8-6-15-4-5-15)25-11-10-20(17)29/h7,9-11,13,15H,2-5,12H2,1H3. The van der Waals surface area contributed by atoms with E-state index in [0.717, 1.165) is 53.1 Å². The van der Waals surface area contributed by atoms with Crippen molar-refractivity contribution in [1.82, 2.24) is 24.6 Å². The molecule has 1 aliphatic carbocycles. The van der Waals surface area contributed by atoms with Gasteiger partial charge in [-0.3, -0.25) is 4.40 Å². The number of benzene rings is 1. The average molecular weight is 398 g/mol. The summed E-state index contributed by atoms with van der Waals surface area (Å²) in [5.41, 5.74) is 3.86. The maximum atomic E-state index is 14.2. The molecule has 2 aliphatic rings. The Bertz CT molecular complexity index is 1380. The molecule has 3 aromatic heterocycles. The lowest BCUT2D eigenvalue weighted by molar-refractivity contribution is 0.629. The predicted octanol–water partition coefficient (Wildman–Crippen LogP) is 3.97. The lowest BCUT2D eigenvalue weighted by Crippen LogP contribution is -2.27. The SMILES string of the molecule is Cc1nnc2nc(N3CCCc4c3ccnc4C#CC3CC3)c3cc(F)ccc3n12. The van der Waals surface area contributed by atoms with Crippen molar-refractivity contribution in [3.05, 3.63) is 53.4 Å². The van der Waals surface area contributed by atoms with Crippen molar-refractivity contribution in [3.63, 3.8) is 0 Å². The summed E-state index contributed by atoms with van der Waals surface area (Å²) in [7, 11) is 0. The van der Waals surface area contributed by atoms with Gasteiger partial charge in [0.2, 0.25) is 0 Å². The highest BCUT2D eigenvalue weighted by Gasteiger charge is 2.25. The number of aromatic nitrogens is 5. The van der Waals surface area contributed by atoms with E-state index in [9.17, 15) is 4.39 Å². The number of hydrogen-bond acceptors (Lipinski definition) is 5. The number of halogens is 1. The van der Waals surface area contributed by atoms with Gasteiger partial charge in [-0.15, -0.1) is 10.2 Å². The van der Waals surface area contributed by atoms with Crippen LogP contribution in [0.5, 0.6) is 0 Å². The van der Waals surface area contributed by atoms with E-state index >= 15 is 0 Å². The molecule has 1 saturated carbocycles. The Hall–Kier alpha value is -3.53. The monoisotopic (exact) mass is 398 g/mol. The lowest BCUT2D eigenvalue weighted by Gasteiger charge is -2.31. The first kappa shape index (κ1) is 17.3. The van der Waals surface area contributed by atoms with Gasteiger partial charge in [-0.05, 0) is 62.8 Å². The molecule has 6 nitrogen and oxygen atoms in total. The fourth-order valence-electron chi connectivity index (χ4n) is 4.19. The van der Waals surface area contributed by atoms with Crippen LogP contribution in [0.3, 0.4) is 0 Å². The number of fused-ring (bicyclic) bond motifs is 4. The zero-order valence-electron chi connectivity index (χ0n) is 16.6. The third-order valence-electron chi connectivity index (χ3n) is 5.81. The smallest absolute Gasteiger partial charge is 0.257 e. The van der Waals surface area contributed by atoms with E-state index in [4.69, 9.17) is 4.98 Å². The molecule has 0 atom stereocenters. The zero-order chi connectivity index (χ0) is 20.2. The van der Waals surface area contributed by atoms with E-state index in [1.165, 1.54) is 18.9 Å². The summed E-state index contributed by atoms with van der Waals surface area (Å²) in [5, 5.41) is 9.13. The summed E-state index contributed by atoms with van der Waals surface area (Å²) < 4.78 is 16.1. The minimum atomic E-state index is -0.293. The van der Waals surface area contributed by atoms with Crippen LogP contribution in [0.15, 0.2) is 30.5 Å². The molecule has 1 aromatic carbocycles. The predicted molar refractivity (Wildman–Crippen MR) is 112 cm³/mol. The Morgan fingerprint density at radius 2 is 2.07 bits per heavy atom. The number of aryl methyl sites for hydroxylation is 1. The van der Waals surface area contributed by atoms with Gasteiger partial charge in [-0.2, -0.15) is 4.98 Å². The molecule has 0 radical (unpaired) electrons. The van der Waals surface area contributed by atoms with Crippen LogP contribution in [0.2, 0.25) is 0 Å². The van der Waals surface area contributed by atoms with Gasteiger partial charge in [0.25, 0.3) is 5.78 Å². The summed E-state index contributed by atoms with van der Waals surface area (Å²) in [6.45, 7) is 2.66. The highest BCUT2D eigenvalue weighted by Crippen LogP contribution is 2.37. The summed E-state index contributed by atoms with van der Waals surface area (Å²) in [4.78, 5) is 11.5. The van der Waals surface area contributed by atoms with Gasteiger partial charge in [0.1, 0.15) is 23.2 Å². The van der Waals surface area contributed by atoms with Crippen LogP contribution in [0.4, 0.5) is 15.9 Å². The zero-order valence-corrected chi connectivity index (χ0v) is 16.6. The molecular formula is C23H19FN6. The molecular weight excluding hydrogens is 379 g/mol. The number of pyridine rings is 1. The van der Waals surface area contributed by atoms with E-state index in [1.54, 1.807) is 18.3 Å². The summed E-state index contributed by atoms with van der Waals surface area (Å²) >= 11 is 0. The molecule has 1 aliphatic heterocycles. The third-order valence-corrected chi connectivity index (χ3v) is 5.81. The second-order valence-electron chi connectivity index (χ2n) is 7.94. The van der Waals surface area contributed by atoms with Crippen molar-refractivity contribution >= 4 is 28.2 Å². The quantitative estimate of drug-likeness (QED) is 0.454. The van der Waals surface area contributed by atoms with Crippen molar-refractivity contribution in [2.75, 3.05) is 11.4 Å². The normalized spacial score (nSPS) is 15.9. The van der Waals surface area contributed by atoms with Gasteiger partial charge in [0, 0.05) is 35.3 Å². The Labute approximate surface area is 172 Å². The summed E-state index contributed by atoms with van der Waals surface area (Å²) in [6.07, 6.45) is 6.05.